The monoisotopic (exact) mass is 417 g/mol. The Morgan fingerprint density at radius 3 is 2.56 bits per heavy atom. The second kappa shape index (κ2) is 7.70. The second-order valence-corrected chi connectivity index (χ2v) is 7.27. The molecule has 1 aliphatic heterocycles. The van der Waals surface area contributed by atoms with E-state index in [-0.39, 0.29) is 5.02 Å². The lowest BCUT2D eigenvalue weighted by atomic mass is 9.94. The van der Waals surface area contributed by atoms with Gasteiger partial charge in [0.1, 0.15) is 6.04 Å². The first-order valence-corrected chi connectivity index (χ1v) is 9.04. The first-order chi connectivity index (χ1) is 12.7. The van der Waals surface area contributed by atoms with Gasteiger partial charge in [-0.25, -0.2) is 0 Å². The van der Waals surface area contributed by atoms with Crippen LogP contribution in [-0.4, -0.2) is 28.6 Å². The maximum atomic E-state index is 13.2. The molecule has 1 fully saturated rings. The van der Waals surface area contributed by atoms with Crippen molar-refractivity contribution in [3.63, 3.8) is 0 Å². The molecule has 2 aromatic carbocycles. The minimum absolute atomic E-state index is 0.279. The zero-order valence-electron chi connectivity index (χ0n) is 14.0. The molecule has 2 unspecified atom stereocenters. The summed E-state index contributed by atoms with van der Waals surface area (Å²) >= 11 is 12.3. The normalized spacial score (nSPS) is 19.2. The van der Waals surface area contributed by atoms with Crippen LogP contribution in [0.3, 0.4) is 0 Å². The van der Waals surface area contributed by atoms with Crippen molar-refractivity contribution in [2.24, 2.45) is 0 Å². The van der Waals surface area contributed by atoms with E-state index in [1.165, 1.54) is 12.1 Å². The molecule has 1 saturated heterocycles. The van der Waals surface area contributed by atoms with Crippen LogP contribution in [0.25, 0.3) is 0 Å². The molecule has 2 atom stereocenters. The number of hydrogen-bond donors (Lipinski definition) is 1. The van der Waals surface area contributed by atoms with E-state index in [0.717, 1.165) is 12.1 Å². The van der Waals surface area contributed by atoms with E-state index in [9.17, 15) is 23.1 Å². The van der Waals surface area contributed by atoms with Gasteiger partial charge in [0.2, 0.25) is 0 Å². The molecular formula is C19H16Cl2F3NO2. The van der Waals surface area contributed by atoms with Gasteiger partial charge in [0, 0.05) is 16.6 Å². The van der Waals surface area contributed by atoms with E-state index in [1.54, 1.807) is 23.1 Å². The number of hydrogen-bond acceptors (Lipinski definition) is 2. The van der Waals surface area contributed by atoms with Gasteiger partial charge in [-0.15, -0.1) is 0 Å². The minimum atomic E-state index is -4.50. The molecule has 0 aromatic heterocycles. The number of likely N-dealkylation sites (tertiary alicyclic amines) is 1. The largest absolute Gasteiger partial charge is 0.480 e. The van der Waals surface area contributed by atoms with Gasteiger partial charge >= 0.3 is 12.1 Å². The van der Waals surface area contributed by atoms with Crippen molar-refractivity contribution in [2.45, 2.75) is 31.1 Å². The Bertz CT molecular complexity index is 857. The Labute approximate surface area is 164 Å². The molecule has 2 aromatic rings. The summed E-state index contributed by atoms with van der Waals surface area (Å²) in [6.07, 6.45) is -3.44. The third-order valence-corrected chi connectivity index (χ3v) is 5.26. The van der Waals surface area contributed by atoms with Crippen LogP contribution < -0.4 is 0 Å². The van der Waals surface area contributed by atoms with Gasteiger partial charge < -0.3 is 5.11 Å². The zero-order chi connectivity index (χ0) is 19.8. The fourth-order valence-corrected chi connectivity index (χ4v) is 4.03. The molecule has 0 saturated carbocycles. The highest BCUT2D eigenvalue weighted by Crippen LogP contribution is 2.40. The standard InChI is InChI=1S/C19H16Cl2F3NO2/c20-13-6-7-14(15(21)10-13)17(25-8-2-5-16(25)18(26)27)11-3-1-4-12(9-11)19(22,23)24/h1,3-4,6-7,9-10,16-17H,2,5,8H2,(H,26,27). The molecule has 1 N–H and O–H groups in total. The average Bonchev–Trinajstić information content (AvgIpc) is 3.06. The summed E-state index contributed by atoms with van der Waals surface area (Å²) in [5, 5.41) is 10.2. The molecule has 0 bridgehead atoms. The fraction of sp³-hybridized carbons (Fsp3) is 0.316. The summed E-state index contributed by atoms with van der Waals surface area (Å²) in [4.78, 5) is 13.4. The van der Waals surface area contributed by atoms with Crippen LogP contribution in [0.5, 0.6) is 0 Å². The van der Waals surface area contributed by atoms with Crippen molar-refractivity contribution in [2.75, 3.05) is 6.54 Å². The highest BCUT2D eigenvalue weighted by Gasteiger charge is 2.38. The van der Waals surface area contributed by atoms with Gasteiger partial charge in [-0.05, 0) is 48.2 Å². The Kier molecular flexibility index (Phi) is 5.70. The topological polar surface area (TPSA) is 40.5 Å². The van der Waals surface area contributed by atoms with Crippen LogP contribution in [0.1, 0.15) is 35.6 Å². The van der Waals surface area contributed by atoms with Crippen molar-refractivity contribution in [1.29, 1.82) is 0 Å². The maximum Gasteiger partial charge on any atom is 0.416 e. The van der Waals surface area contributed by atoms with Crippen LogP contribution in [0.15, 0.2) is 42.5 Å². The summed E-state index contributed by atoms with van der Waals surface area (Å²) in [5.74, 6) is -1.01. The zero-order valence-corrected chi connectivity index (χ0v) is 15.5. The molecule has 0 aliphatic carbocycles. The van der Waals surface area contributed by atoms with Crippen molar-refractivity contribution in [3.8, 4) is 0 Å². The molecule has 144 valence electrons. The third kappa shape index (κ3) is 4.23. The number of nitrogens with zero attached hydrogens (tertiary/aromatic N) is 1. The minimum Gasteiger partial charge on any atom is -0.480 e. The van der Waals surface area contributed by atoms with E-state index in [4.69, 9.17) is 23.2 Å². The number of benzene rings is 2. The Morgan fingerprint density at radius 1 is 1.19 bits per heavy atom. The van der Waals surface area contributed by atoms with Crippen LogP contribution in [-0.2, 0) is 11.0 Å². The van der Waals surface area contributed by atoms with Gasteiger partial charge in [-0.2, -0.15) is 13.2 Å². The molecule has 1 aliphatic rings. The summed E-state index contributed by atoms with van der Waals surface area (Å²) < 4.78 is 39.6. The molecule has 1 heterocycles. The van der Waals surface area contributed by atoms with E-state index >= 15 is 0 Å². The molecular weight excluding hydrogens is 402 g/mol. The quantitative estimate of drug-likeness (QED) is 0.698. The second-order valence-electron chi connectivity index (χ2n) is 6.43. The Morgan fingerprint density at radius 2 is 1.93 bits per heavy atom. The lowest BCUT2D eigenvalue weighted by molar-refractivity contribution is -0.143. The molecule has 3 nitrogen and oxygen atoms in total. The Hall–Kier alpha value is -1.76. The number of rotatable bonds is 4. The van der Waals surface area contributed by atoms with Crippen LogP contribution >= 0.6 is 23.2 Å². The van der Waals surface area contributed by atoms with Gasteiger partial charge in [0.25, 0.3) is 0 Å². The molecule has 27 heavy (non-hydrogen) atoms. The first-order valence-electron chi connectivity index (χ1n) is 8.29. The molecule has 0 spiro atoms. The lowest BCUT2D eigenvalue weighted by Crippen LogP contribution is -2.39. The summed E-state index contributed by atoms with van der Waals surface area (Å²) in [6, 6.07) is 8.13. The molecule has 3 rings (SSSR count). The highest BCUT2D eigenvalue weighted by atomic mass is 35.5. The predicted octanol–water partition coefficient (Wildman–Crippen LogP) is 5.65. The fourth-order valence-electron chi connectivity index (χ4n) is 3.52. The summed E-state index contributed by atoms with van der Waals surface area (Å²) in [6.45, 7) is 0.441. The van der Waals surface area contributed by atoms with Crippen molar-refractivity contribution >= 4 is 29.2 Å². The average molecular weight is 418 g/mol. The number of aliphatic carboxylic acids is 1. The van der Waals surface area contributed by atoms with E-state index in [0.29, 0.717) is 35.5 Å². The van der Waals surface area contributed by atoms with E-state index in [2.05, 4.69) is 0 Å². The van der Waals surface area contributed by atoms with Crippen LogP contribution in [0.2, 0.25) is 10.0 Å². The van der Waals surface area contributed by atoms with Crippen LogP contribution in [0.4, 0.5) is 13.2 Å². The summed E-state index contributed by atoms with van der Waals surface area (Å²) in [7, 11) is 0. The number of alkyl halides is 3. The predicted molar refractivity (Wildman–Crippen MR) is 97.1 cm³/mol. The van der Waals surface area contributed by atoms with Crippen molar-refractivity contribution < 1.29 is 23.1 Å². The summed E-state index contributed by atoms with van der Waals surface area (Å²) in [5.41, 5.74) is 0.0666. The van der Waals surface area contributed by atoms with Gasteiger partial charge in [-0.1, -0.05) is 41.4 Å². The van der Waals surface area contributed by atoms with Gasteiger partial charge in [0.15, 0.2) is 0 Å². The van der Waals surface area contributed by atoms with Crippen molar-refractivity contribution in [3.05, 3.63) is 69.2 Å². The SMILES string of the molecule is O=C(O)C1CCCN1C(c1cccc(C(F)(F)F)c1)c1ccc(Cl)cc1Cl. The number of carboxylic acid groups (broad SMARTS) is 1. The molecule has 8 heteroatoms. The third-order valence-electron chi connectivity index (χ3n) is 4.70. The van der Waals surface area contributed by atoms with Gasteiger partial charge in [-0.3, -0.25) is 9.69 Å². The smallest absolute Gasteiger partial charge is 0.416 e. The maximum absolute atomic E-state index is 13.2. The number of halogens is 5. The molecule has 0 radical (unpaired) electrons. The van der Waals surface area contributed by atoms with Crippen LogP contribution in [0, 0.1) is 0 Å². The number of carbonyl (C=O) groups is 1. The first kappa shape index (κ1) is 20.0. The lowest BCUT2D eigenvalue weighted by Gasteiger charge is -2.33. The Balaban J connectivity index is 2.15. The highest BCUT2D eigenvalue weighted by molar-refractivity contribution is 6.35. The number of carboxylic acids is 1. The molecule has 0 amide bonds. The van der Waals surface area contributed by atoms with Gasteiger partial charge in [0.05, 0.1) is 11.6 Å². The van der Waals surface area contributed by atoms with Crippen molar-refractivity contribution in [1.82, 2.24) is 4.90 Å². The van der Waals surface area contributed by atoms with E-state index < -0.39 is 29.8 Å². The van der Waals surface area contributed by atoms with E-state index in [1.807, 2.05) is 0 Å².